The van der Waals surface area contributed by atoms with Crippen LogP contribution in [0.5, 0.6) is 11.5 Å². The van der Waals surface area contributed by atoms with Gasteiger partial charge < -0.3 is 19.1 Å². The van der Waals surface area contributed by atoms with Crippen molar-refractivity contribution in [2.75, 3.05) is 0 Å². The van der Waals surface area contributed by atoms with Gasteiger partial charge in [-0.25, -0.2) is 4.98 Å². The molecule has 294 valence electrons. The van der Waals surface area contributed by atoms with Gasteiger partial charge in [-0.3, -0.25) is 0 Å². The second-order valence-electron chi connectivity index (χ2n) is 17.2. The molecule has 0 bridgehead atoms. The third-order valence-corrected chi connectivity index (χ3v) is 10.2. The molecule has 0 radical (unpaired) electrons. The Labute approximate surface area is 362 Å². The Morgan fingerprint density at radius 1 is 0.702 bits per heavy atom. The van der Waals surface area contributed by atoms with Gasteiger partial charge in [0.15, 0.2) is 5.89 Å². The summed E-state index contributed by atoms with van der Waals surface area (Å²) in [6.07, 6.45) is 3.17. The molecular weight excluding hydrogens is 882 g/mol. The number of aryl methyl sites for hydroxylation is 2. The summed E-state index contributed by atoms with van der Waals surface area (Å²) < 4.78 is 61.6. The van der Waals surface area contributed by atoms with Crippen LogP contribution < -0.4 is 4.74 Å². The Bertz CT molecular complexity index is 2750. The molecule has 7 rings (SSSR count). The van der Waals surface area contributed by atoms with E-state index in [1.54, 1.807) is 12.1 Å². The molecule has 7 aromatic rings. The number of pyridine rings is 2. The Morgan fingerprint density at radius 3 is 2.04 bits per heavy atom. The van der Waals surface area contributed by atoms with E-state index in [0.717, 1.165) is 39.1 Å². The van der Waals surface area contributed by atoms with Gasteiger partial charge in [0.2, 0.25) is 0 Å². The molecule has 0 unspecified atom stereocenters. The van der Waals surface area contributed by atoms with Crippen LogP contribution >= 0.6 is 0 Å². The van der Waals surface area contributed by atoms with Crippen molar-refractivity contribution in [3.05, 3.63) is 137 Å². The molecule has 0 saturated carbocycles. The van der Waals surface area contributed by atoms with Crippen molar-refractivity contribution in [2.45, 2.75) is 106 Å². The van der Waals surface area contributed by atoms with E-state index in [9.17, 15) is 0 Å². The number of rotatable bonds is 8. The van der Waals surface area contributed by atoms with Gasteiger partial charge in [-0.05, 0) is 91.5 Å². The summed E-state index contributed by atoms with van der Waals surface area (Å²) in [5, 5.41) is 0. The minimum atomic E-state index is -2.64. The van der Waals surface area contributed by atoms with Crippen molar-refractivity contribution in [1.82, 2.24) is 15.0 Å². The third-order valence-electron chi connectivity index (χ3n) is 10.2. The van der Waals surface area contributed by atoms with Crippen LogP contribution in [-0.2, 0) is 31.9 Å². The Kier molecular flexibility index (Phi) is 9.71. The quantitative estimate of drug-likeness (QED) is 0.142. The zero-order valence-corrected chi connectivity index (χ0v) is 36.6. The molecule has 0 fully saturated rings. The fraction of sp³-hybridized carbons (Fsp3) is 0.314. The average Bonchev–Trinajstić information content (AvgIpc) is 3.64. The number of hydrogen-bond donors (Lipinski definition) is 0. The van der Waals surface area contributed by atoms with Gasteiger partial charge in [-0.15, -0.1) is 11.6 Å². The molecule has 6 heteroatoms. The van der Waals surface area contributed by atoms with E-state index in [0.29, 0.717) is 17.0 Å². The summed E-state index contributed by atoms with van der Waals surface area (Å²) in [5.41, 5.74) is 10.2. The summed E-state index contributed by atoms with van der Waals surface area (Å²) in [6, 6.07) is 33.3. The van der Waals surface area contributed by atoms with Crippen molar-refractivity contribution in [3.8, 4) is 56.3 Å². The van der Waals surface area contributed by atoms with E-state index in [2.05, 4.69) is 119 Å². The van der Waals surface area contributed by atoms with Crippen LogP contribution in [-0.4, -0.2) is 15.0 Å². The van der Waals surface area contributed by atoms with Crippen molar-refractivity contribution in [1.29, 1.82) is 0 Å². The number of fused-ring (bicyclic) bond motifs is 1. The predicted octanol–water partition coefficient (Wildman–Crippen LogP) is 14.1. The summed E-state index contributed by atoms with van der Waals surface area (Å²) in [6.45, 7) is 16.1. The molecule has 0 saturated heterocycles. The average molecular weight is 941 g/mol. The first-order valence-electron chi connectivity index (χ1n) is 22.2. The van der Waals surface area contributed by atoms with E-state index in [1.807, 2.05) is 45.2 Å². The number of ether oxygens (including phenoxy) is 1. The molecule has 57 heavy (non-hydrogen) atoms. The summed E-state index contributed by atoms with van der Waals surface area (Å²) in [5.74, 6) is 0.479. The second kappa shape index (κ2) is 16.2. The number of oxazole rings is 1. The van der Waals surface area contributed by atoms with Crippen molar-refractivity contribution >= 4 is 11.1 Å². The van der Waals surface area contributed by atoms with Crippen LogP contribution in [0.25, 0.3) is 55.9 Å². The monoisotopic (exact) mass is 940 g/mol. The first kappa shape index (κ1) is 34.2. The minimum absolute atomic E-state index is 0. The number of aromatic nitrogens is 3. The molecule has 0 aliphatic heterocycles. The van der Waals surface area contributed by atoms with Gasteiger partial charge in [0, 0.05) is 44.5 Å². The summed E-state index contributed by atoms with van der Waals surface area (Å²) >= 11 is 0. The van der Waals surface area contributed by atoms with Crippen LogP contribution in [0.15, 0.2) is 95.7 Å². The maximum atomic E-state index is 8.22. The van der Waals surface area contributed by atoms with E-state index < -0.39 is 25.0 Å². The fourth-order valence-electron chi connectivity index (χ4n) is 7.17. The Hall–Kier alpha value is -4.86. The largest absolute Gasteiger partial charge is 2.00 e. The van der Waals surface area contributed by atoms with Gasteiger partial charge in [-0.2, -0.15) is 0 Å². The van der Waals surface area contributed by atoms with Gasteiger partial charge >= 0.3 is 21.1 Å². The molecule has 0 atom stereocenters. The van der Waals surface area contributed by atoms with E-state index >= 15 is 0 Å². The van der Waals surface area contributed by atoms with Gasteiger partial charge in [0.1, 0.15) is 0 Å². The number of benzene rings is 4. The predicted molar refractivity (Wildman–Crippen MR) is 231 cm³/mol. The molecule has 0 spiro atoms. The van der Waals surface area contributed by atoms with Gasteiger partial charge in [0.05, 0.1) is 5.58 Å². The SMILES string of the molecule is [2H]C([2H])([2H])c1nc2cc(Oc3[c-]c(-c4cc(C(C)(C)C)ccn4)cc(-c4c(C(C)C)cc(-c5ccccc5)cc4C(C)C)c3)[c-]c(-c3cc(C(C)(C)C)c(C([2H])([2H])[2H])cn3)c2o1.[Pt+2]. The molecule has 4 aromatic carbocycles. The standard InChI is InChI=1S/C51H53N3O2.Pt/c1-30(2)41-23-35(34-16-14-13-15-17-34)24-42(31(3)4)48(41)37-20-36(45-25-38(18-19-52-45)50(7,8)9)21-39(22-37)56-40-26-43(49-47(27-40)54-33(6)55-49)46-28-44(51(10,11)12)32(5)29-53-46;/h13-20,22-25,27-31H,1-12H3;/q-2;+2/i5D3,6D3;. The summed E-state index contributed by atoms with van der Waals surface area (Å²) in [7, 11) is 0. The zero-order valence-electron chi connectivity index (χ0n) is 40.3. The maximum Gasteiger partial charge on any atom is 2.00 e. The zero-order chi connectivity index (χ0) is 45.1. The van der Waals surface area contributed by atoms with E-state index in [4.69, 9.17) is 22.4 Å². The minimum Gasteiger partial charge on any atom is -0.496 e. The van der Waals surface area contributed by atoms with Crippen LogP contribution in [0.2, 0.25) is 0 Å². The molecule has 0 aliphatic rings. The molecule has 3 heterocycles. The van der Waals surface area contributed by atoms with E-state index in [1.165, 1.54) is 17.3 Å². The maximum absolute atomic E-state index is 8.22. The third kappa shape index (κ3) is 8.85. The molecule has 0 N–H and O–H groups in total. The van der Waals surface area contributed by atoms with E-state index in [-0.39, 0.29) is 66.3 Å². The van der Waals surface area contributed by atoms with Gasteiger partial charge in [0.25, 0.3) is 0 Å². The summed E-state index contributed by atoms with van der Waals surface area (Å²) in [4.78, 5) is 13.8. The van der Waals surface area contributed by atoms with Crippen molar-refractivity contribution in [2.24, 2.45) is 0 Å². The Balaban J connectivity index is 0.00000661. The molecule has 3 aromatic heterocycles. The first-order valence-corrected chi connectivity index (χ1v) is 19.2. The normalized spacial score (nSPS) is 14.0. The van der Waals surface area contributed by atoms with Crippen LogP contribution in [0.1, 0.15) is 123 Å². The van der Waals surface area contributed by atoms with Crippen LogP contribution in [0, 0.1) is 25.8 Å². The van der Waals surface area contributed by atoms with Crippen molar-refractivity contribution < 1.29 is 38.4 Å². The van der Waals surface area contributed by atoms with Crippen LogP contribution in [0.4, 0.5) is 0 Å². The molecule has 0 aliphatic carbocycles. The number of hydrogen-bond acceptors (Lipinski definition) is 5. The van der Waals surface area contributed by atoms with Crippen LogP contribution in [0.3, 0.4) is 0 Å². The first-order chi connectivity index (χ1) is 28.9. The fourth-order valence-corrected chi connectivity index (χ4v) is 7.17. The second-order valence-corrected chi connectivity index (χ2v) is 17.2. The molecule has 0 amide bonds. The topological polar surface area (TPSA) is 61.0 Å². The molecular formula is C51H53N3O2Pt. The smallest absolute Gasteiger partial charge is 0.496 e. The van der Waals surface area contributed by atoms with Crippen molar-refractivity contribution in [3.63, 3.8) is 0 Å². The molecule has 5 nitrogen and oxygen atoms in total. The van der Waals surface area contributed by atoms with Gasteiger partial charge in [-0.1, -0.05) is 159 Å². The number of nitrogens with zero attached hydrogens (tertiary/aromatic N) is 3. The Morgan fingerprint density at radius 2 is 1.40 bits per heavy atom.